The molecule has 1 aliphatic heterocycles. The predicted molar refractivity (Wildman–Crippen MR) is 142 cm³/mol. The van der Waals surface area contributed by atoms with E-state index in [1.54, 1.807) is 22.9 Å². The van der Waals surface area contributed by atoms with Crippen LogP contribution in [-0.2, 0) is 6.54 Å². The molecule has 0 spiro atoms. The minimum atomic E-state index is -0.597. The zero-order valence-electron chi connectivity index (χ0n) is 21.2. The number of fused-ring (bicyclic) bond motifs is 3. The van der Waals surface area contributed by atoms with Gasteiger partial charge in [0.25, 0.3) is 5.91 Å². The predicted octanol–water partition coefficient (Wildman–Crippen LogP) is 2.23. The summed E-state index contributed by atoms with van der Waals surface area (Å²) in [6, 6.07) is 9.07. The molecule has 6 rings (SSSR count). The van der Waals surface area contributed by atoms with E-state index in [1.165, 1.54) is 16.6 Å². The van der Waals surface area contributed by atoms with Crippen molar-refractivity contribution in [2.24, 2.45) is 5.73 Å². The van der Waals surface area contributed by atoms with Gasteiger partial charge in [-0.15, -0.1) is 5.10 Å². The number of anilines is 2. The minimum Gasteiger partial charge on any atom is -0.368 e. The van der Waals surface area contributed by atoms with Crippen molar-refractivity contribution in [3.8, 4) is 11.5 Å². The first-order valence-corrected chi connectivity index (χ1v) is 12.5. The number of hydrogen-bond donors (Lipinski definition) is 2. The third kappa shape index (κ3) is 4.30. The van der Waals surface area contributed by atoms with Gasteiger partial charge >= 0.3 is 0 Å². The third-order valence-electron chi connectivity index (χ3n) is 7.14. The number of rotatable bonds is 6. The molecule has 0 atom stereocenters. The van der Waals surface area contributed by atoms with Crippen molar-refractivity contribution in [2.45, 2.75) is 13.5 Å². The number of piperazine rings is 1. The first kappa shape index (κ1) is 24.7. The quantitative estimate of drug-likeness (QED) is 0.340. The highest BCUT2D eigenvalue weighted by atomic mass is 19.1. The van der Waals surface area contributed by atoms with E-state index >= 15 is 0 Å². The Balaban J connectivity index is 1.29. The molecule has 1 aromatic carbocycles. The molecular formula is C26H26F2N10O. The highest BCUT2D eigenvalue weighted by Gasteiger charge is 2.26. The van der Waals surface area contributed by atoms with Crippen LogP contribution in [0.25, 0.3) is 28.2 Å². The first-order valence-electron chi connectivity index (χ1n) is 12.5. The van der Waals surface area contributed by atoms with Crippen molar-refractivity contribution in [2.75, 3.05) is 43.4 Å². The number of amides is 1. The minimum absolute atomic E-state index is 0.122. The Morgan fingerprint density at radius 1 is 1.03 bits per heavy atom. The number of benzene rings is 1. The summed E-state index contributed by atoms with van der Waals surface area (Å²) in [6.07, 6.45) is 1.65. The largest absolute Gasteiger partial charge is 0.368 e. The second kappa shape index (κ2) is 9.58. The van der Waals surface area contributed by atoms with Crippen molar-refractivity contribution in [3.05, 3.63) is 65.5 Å². The molecule has 5 aromatic rings. The number of carbonyl (C=O) groups excluding carboxylic acids is 1. The van der Waals surface area contributed by atoms with Crippen LogP contribution in [0, 0.1) is 18.6 Å². The lowest BCUT2D eigenvalue weighted by Crippen LogP contribution is -2.47. The Morgan fingerprint density at radius 3 is 2.51 bits per heavy atom. The van der Waals surface area contributed by atoms with E-state index in [2.05, 4.69) is 25.0 Å². The Morgan fingerprint density at radius 2 is 1.82 bits per heavy atom. The van der Waals surface area contributed by atoms with Gasteiger partial charge in [0, 0.05) is 51.5 Å². The normalized spacial score (nSPS) is 14.5. The third-order valence-corrected chi connectivity index (χ3v) is 7.14. The van der Waals surface area contributed by atoms with Crippen molar-refractivity contribution >= 4 is 34.2 Å². The van der Waals surface area contributed by atoms with Gasteiger partial charge in [0.2, 0.25) is 11.8 Å². The van der Waals surface area contributed by atoms with Crippen LogP contribution in [-0.4, -0.2) is 72.7 Å². The second-order valence-electron chi connectivity index (χ2n) is 9.47. The van der Waals surface area contributed by atoms with E-state index in [4.69, 9.17) is 11.5 Å². The first-order chi connectivity index (χ1) is 18.8. The van der Waals surface area contributed by atoms with E-state index in [0.717, 1.165) is 6.07 Å². The van der Waals surface area contributed by atoms with E-state index in [-0.39, 0.29) is 5.95 Å². The van der Waals surface area contributed by atoms with Crippen LogP contribution in [0.15, 0.2) is 42.6 Å². The smallest absolute Gasteiger partial charge is 0.265 e. The van der Waals surface area contributed by atoms with Crippen LogP contribution in [0.3, 0.4) is 0 Å². The summed E-state index contributed by atoms with van der Waals surface area (Å²) in [6.45, 7) is 5.33. The molecule has 13 heteroatoms. The fourth-order valence-electron chi connectivity index (χ4n) is 5.23. The fraction of sp³-hybridized carbons (Fsp3) is 0.269. The monoisotopic (exact) mass is 532 g/mol. The molecule has 4 N–H and O–H groups in total. The molecule has 200 valence electrons. The Bertz CT molecular complexity index is 1710. The summed E-state index contributed by atoms with van der Waals surface area (Å²) in [5.74, 6) is -1.24. The van der Waals surface area contributed by atoms with Crippen LogP contribution in [0.1, 0.15) is 16.1 Å². The number of nitrogen functional groups attached to an aromatic ring is 1. The number of halogens is 2. The Hall–Kier alpha value is -4.65. The van der Waals surface area contributed by atoms with Crippen molar-refractivity contribution in [1.82, 2.24) is 34.0 Å². The van der Waals surface area contributed by atoms with Crippen LogP contribution in [0.5, 0.6) is 0 Å². The topological polar surface area (TPSA) is 136 Å². The molecule has 0 bridgehead atoms. The van der Waals surface area contributed by atoms with Crippen LogP contribution >= 0.6 is 0 Å². The lowest BCUT2D eigenvalue weighted by Gasteiger charge is -2.36. The lowest BCUT2D eigenvalue weighted by molar-refractivity contribution is 0.0990. The second-order valence-corrected chi connectivity index (χ2v) is 9.47. The molecule has 1 amide bonds. The molecule has 0 radical (unpaired) electrons. The number of pyridine rings is 1. The van der Waals surface area contributed by atoms with Crippen molar-refractivity contribution in [3.63, 3.8) is 0 Å². The van der Waals surface area contributed by atoms with Gasteiger partial charge in [0.1, 0.15) is 28.7 Å². The fourth-order valence-corrected chi connectivity index (χ4v) is 5.23. The van der Waals surface area contributed by atoms with Crippen LogP contribution in [0.4, 0.5) is 20.4 Å². The highest BCUT2D eigenvalue weighted by molar-refractivity contribution is 6.04. The van der Waals surface area contributed by atoms with E-state index in [1.807, 2.05) is 17.9 Å². The number of carbonyl (C=O) groups is 1. The summed E-state index contributed by atoms with van der Waals surface area (Å²) in [5, 5.41) is 5.13. The van der Waals surface area contributed by atoms with Gasteiger partial charge in [-0.25, -0.2) is 13.8 Å². The molecule has 5 heterocycles. The number of nitrogens with zero attached hydrogens (tertiary/aromatic N) is 8. The molecule has 4 aromatic heterocycles. The van der Waals surface area contributed by atoms with Gasteiger partial charge in [-0.2, -0.15) is 9.50 Å². The van der Waals surface area contributed by atoms with Crippen LogP contribution < -0.4 is 16.4 Å². The zero-order chi connectivity index (χ0) is 27.3. The maximum atomic E-state index is 14.2. The van der Waals surface area contributed by atoms with Crippen molar-refractivity contribution < 1.29 is 13.6 Å². The van der Waals surface area contributed by atoms with Gasteiger partial charge in [-0.3, -0.25) is 14.7 Å². The standard InChI is InChI=1S/C26H26F2N10O/c1-15-20-24(33-26(30)38-25(20)32-23(34-38)18-4-2-3-7-31-18)37(21(15)22(29)39)13-10-35-8-11-36(12-9-35)19-6-5-16(27)14-17(19)28/h2-7,14H,8-13H2,1H3,(H2,29,39)(H2,30,33). The molecule has 0 aliphatic carbocycles. The lowest BCUT2D eigenvalue weighted by atomic mass is 10.2. The summed E-state index contributed by atoms with van der Waals surface area (Å²) in [4.78, 5) is 30.3. The van der Waals surface area contributed by atoms with E-state index in [0.29, 0.717) is 84.4 Å². The van der Waals surface area contributed by atoms with Gasteiger partial charge in [-0.1, -0.05) is 6.07 Å². The molecule has 1 saturated heterocycles. The van der Waals surface area contributed by atoms with Crippen LogP contribution in [0.2, 0.25) is 0 Å². The number of aromatic nitrogens is 6. The Kier molecular flexibility index (Phi) is 6.06. The number of primary amides is 1. The summed E-state index contributed by atoms with van der Waals surface area (Å²) >= 11 is 0. The van der Waals surface area contributed by atoms with E-state index < -0.39 is 17.5 Å². The van der Waals surface area contributed by atoms with Crippen molar-refractivity contribution in [1.29, 1.82) is 0 Å². The van der Waals surface area contributed by atoms with Gasteiger partial charge < -0.3 is 20.9 Å². The average molecular weight is 533 g/mol. The van der Waals surface area contributed by atoms with Gasteiger partial charge in [-0.05, 0) is 36.8 Å². The molecule has 1 aliphatic rings. The number of nitrogens with two attached hydrogens (primary N) is 2. The maximum absolute atomic E-state index is 14.2. The zero-order valence-corrected chi connectivity index (χ0v) is 21.2. The summed E-state index contributed by atoms with van der Waals surface area (Å²) in [7, 11) is 0. The maximum Gasteiger partial charge on any atom is 0.265 e. The number of aryl methyl sites for hydroxylation is 1. The SMILES string of the molecule is Cc1c(C(N)=O)n(CCN2CCN(c3ccc(F)cc3F)CC2)c2nc(N)n3nc(-c4ccccn4)nc3c12. The molecular weight excluding hydrogens is 506 g/mol. The highest BCUT2D eigenvalue weighted by Crippen LogP contribution is 2.30. The average Bonchev–Trinajstić information content (AvgIpc) is 3.48. The Labute approximate surface area is 221 Å². The summed E-state index contributed by atoms with van der Waals surface area (Å²) in [5.41, 5.74) is 15.0. The van der Waals surface area contributed by atoms with Gasteiger partial charge in [0.15, 0.2) is 5.65 Å². The molecule has 0 saturated carbocycles. The molecule has 11 nitrogen and oxygen atoms in total. The molecule has 39 heavy (non-hydrogen) atoms. The molecule has 1 fully saturated rings. The van der Waals surface area contributed by atoms with Gasteiger partial charge in [0.05, 0.1) is 11.1 Å². The summed E-state index contributed by atoms with van der Waals surface area (Å²) < 4.78 is 30.8. The molecule has 0 unspecified atom stereocenters. The van der Waals surface area contributed by atoms with E-state index in [9.17, 15) is 13.6 Å². The number of hydrogen-bond acceptors (Lipinski definition) is 8.